The highest BCUT2D eigenvalue weighted by molar-refractivity contribution is 7.20. The summed E-state index contributed by atoms with van der Waals surface area (Å²) < 4.78 is 348. The standard InChI is InChI=1S/C32H12BF24.C24H18NO3/c34-25(35,36)13-1-14(26(37,38)39)6-21(5-13)33(22-7-15(27(40,41)42)2-16(8-22)28(43,44)45,23-9-17(29(46,47)48)3-18(10-23)30(49,50)51)24-11-19(31(52,53)54)4-20(12-24)32(55,56)57;26-23(19-10-3-1-4-11-19)17-25-21-14-8-7-9-18(21)15-16-22(25)24(27)28-20-12-5-2-6-13-20/h1-12H;1-16H,17H2/q-1;+1. The first-order chi connectivity index (χ1) is 39.0. The predicted molar refractivity (Wildman–Crippen MR) is 256 cm³/mol. The van der Waals surface area contributed by atoms with Crippen LogP contribution in [0.3, 0.4) is 0 Å². The number of carbonyl (C=O) groups is 2. The molecule has 85 heavy (non-hydrogen) atoms. The molecular weight excluding hydrogens is 1200 g/mol. The zero-order valence-corrected chi connectivity index (χ0v) is 41.7. The minimum Gasteiger partial charge on any atom is -0.419 e. The molecule has 0 amide bonds. The molecule has 7 aromatic carbocycles. The van der Waals surface area contributed by atoms with E-state index in [1.54, 1.807) is 47.0 Å². The lowest BCUT2D eigenvalue weighted by Crippen LogP contribution is -2.75. The van der Waals surface area contributed by atoms with Crippen molar-refractivity contribution < 1.29 is 124 Å². The number of aromatic nitrogens is 1. The van der Waals surface area contributed by atoms with E-state index in [2.05, 4.69) is 0 Å². The third-order valence-corrected chi connectivity index (χ3v) is 12.9. The summed E-state index contributed by atoms with van der Waals surface area (Å²) >= 11 is 0. The monoisotopic (exact) mass is 1230 g/mol. The van der Waals surface area contributed by atoms with Crippen molar-refractivity contribution in [2.75, 3.05) is 0 Å². The van der Waals surface area contributed by atoms with Crippen molar-refractivity contribution in [1.82, 2.24) is 0 Å². The van der Waals surface area contributed by atoms with Gasteiger partial charge in [-0.2, -0.15) is 132 Å². The summed E-state index contributed by atoms with van der Waals surface area (Å²) in [5.74, 6) is -0.116. The first kappa shape index (κ1) is 64.0. The Kier molecular flexibility index (Phi) is 17.2. The minimum absolute atomic E-state index is 0.0462. The zero-order valence-electron chi connectivity index (χ0n) is 41.7. The minimum atomic E-state index is -6.13. The van der Waals surface area contributed by atoms with Gasteiger partial charge in [-0.05, 0) is 48.5 Å². The van der Waals surface area contributed by atoms with Gasteiger partial charge in [-0.3, -0.25) is 4.79 Å². The Morgan fingerprint density at radius 2 is 0.624 bits per heavy atom. The molecule has 0 unspecified atom stereocenters. The average molecular weight is 1230 g/mol. The summed E-state index contributed by atoms with van der Waals surface area (Å²) in [6.07, 6.45) is -54.8. The summed E-state index contributed by atoms with van der Waals surface area (Å²) in [6, 6.07) is 20.4. The first-order valence-electron chi connectivity index (χ1n) is 23.6. The van der Waals surface area contributed by atoms with E-state index < -0.39 is 201 Å². The van der Waals surface area contributed by atoms with Gasteiger partial charge in [-0.25, -0.2) is 4.79 Å². The molecule has 0 atom stereocenters. The highest BCUT2D eigenvalue weighted by atomic mass is 19.4. The highest BCUT2D eigenvalue weighted by Gasteiger charge is 2.47. The Morgan fingerprint density at radius 3 is 0.929 bits per heavy atom. The highest BCUT2D eigenvalue weighted by Crippen LogP contribution is 2.41. The lowest BCUT2D eigenvalue weighted by atomic mass is 9.12. The number of carbonyl (C=O) groups excluding carboxylic acids is 2. The Morgan fingerprint density at radius 1 is 0.341 bits per heavy atom. The molecule has 4 nitrogen and oxygen atoms in total. The molecule has 0 saturated heterocycles. The van der Waals surface area contributed by atoms with Gasteiger partial charge in [-0.1, -0.05) is 109 Å². The molecule has 1 heterocycles. The maximum absolute atomic E-state index is 14.2. The average Bonchev–Trinajstić information content (AvgIpc) is 0.755. The quantitative estimate of drug-likeness (QED) is 0.0361. The Bertz CT molecular complexity index is 3330. The fourth-order valence-corrected chi connectivity index (χ4v) is 9.19. The van der Waals surface area contributed by atoms with Crippen LogP contribution in [0.2, 0.25) is 0 Å². The number of hydrogen-bond donors (Lipinski definition) is 0. The van der Waals surface area contributed by atoms with Crippen LogP contribution in [-0.2, 0) is 56.0 Å². The van der Waals surface area contributed by atoms with Gasteiger partial charge in [0.15, 0.2) is 0 Å². The van der Waals surface area contributed by atoms with Crippen molar-refractivity contribution in [3.8, 4) is 5.75 Å². The summed E-state index contributed by atoms with van der Waals surface area (Å²) in [4.78, 5) is 25.7. The second-order valence-corrected chi connectivity index (χ2v) is 18.6. The van der Waals surface area contributed by atoms with Gasteiger partial charge in [0.05, 0.1) is 44.5 Å². The summed E-state index contributed by atoms with van der Waals surface area (Å²) in [5, 5.41) is 0.944. The number of nitrogens with zero attached hydrogens (tertiary/aromatic N) is 1. The zero-order chi connectivity index (χ0) is 63.3. The lowest BCUT2D eigenvalue weighted by molar-refractivity contribution is -0.659. The third kappa shape index (κ3) is 14.5. The molecule has 0 fully saturated rings. The third-order valence-electron chi connectivity index (χ3n) is 12.9. The number of ketones is 1. The van der Waals surface area contributed by atoms with Gasteiger partial charge >= 0.3 is 55.4 Å². The van der Waals surface area contributed by atoms with Crippen LogP contribution in [0.5, 0.6) is 5.75 Å². The predicted octanol–water partition coefficient (Wildman–Crippen LogP) is 15.4. The van der Waals surface area contributed by atoms with E-state index >= 15 is 0 Å². The maximum Gasteiger partial charge on any atom is 0.416 e. The Hall–Kier alpha value is -8.53. The summed E-state index contributed by atoms with van der Waals surface area (Å²) in [6.45, 7) is 0.0462. The SMILES string of the molecule is FC(F)(F)c1cc([B-](c2cc(C(F)(F)F)cc(C(F)(F)F)c2)(c2cc(C(F)(F)F)cc(C(F)(F)F)c2)c2cc(C(F)(F)F)cc(C(F)(F)F)c2)cc(C(F)(F)F)c1.O=C(C[n+]1c(C(=O)Oc2ccccc2)ccc2ccccc21)c1ccccc1. The molecule has 0 aliphatic carbocycles. The summed E-state index contributed by atoms with van der Waals surface area (Å²) in [7, 11) is 0. The maximum atomic E-state index is 14.2. The molecule has 29 heteroatoms. The molecule has 448 valence electrons. The Labute approximate surface area is 461 Å². The number of hydrogen-bond acceptors (Lipinski definition) is 3. The topological polar surface area (TPSA) is 47.2 Å². The van der Waals surface area contributed by atoms with Gasteiger partial charge in [-0.15, -0.1) is 0 Å². The molecule has 0 spiro atoms. The number of alkyl halides is 24. The van der Waals surface area contributed by atoms with E-state index in [-0.39, 0.29) is 12.3 Å². The fraction of sp³-hybridized carbons (Fsp3) is 0.161. The molecule has 8 rings (SSSR count). The van der Waals surface area contributed by atoms with Crippen LogP contribution in [0.25, 0.3) is 10.9 Å². The first-order valence-corrected chi connectivity index (χ1v) is 23.6. The van der Waals surface area contributed by atoms with E-state index in [1.165, 1.54) is 0 Å². The van der Waals surface area contributed by atoms with Gasteiger partial charge in [0.25, 0.3) is 5.69 Å². The van der Waals surface area contributed by atoms with Crippen LogP contribution in [0, 0.1) is 0 Å². The molecule has 0 aliphatic heterocycles. The number of para-hydroxylation sites is 2. The van der Waals surface area contributed by atoms with Crippen molar-refractivity contribution in [3.63, 3.8) is 0 Å². The van der Waals surface area contributed by atoms with Crippen molar-refractivity contribution in [3.05, 3.63) is 226 Å². The number of benzene rings is 7. The van der Waals surface area contributed by atoms with E-state index in [0.717, 1.165) is 10.9 Å². The van der Waals surface area contributed by atoms with Crippen LogP contribution >= 0.6 is 0 Å². The van der Waals surface area contributed by atoms with Crippen LogP contribution in [0.1, 0.15) is 65.4 Å². The van der Waals surface area contributed by atoms with Crippen LogP contribution in [0.4, 0.5) is 105 Å². The number of rotatable bonds is 9. The van der Waals surface area contributed by atoms with Gasteiger partial charge in [0, 0.05) is 23.1 Å². The number of fused-ring (bicyclic) bond motifs is 1. The number of halogens is 24. The van der Waals surface area contributed by atoms with Crippen LogP contribution in [0.15, 0.2) is 170 Å². The molecule has 0 radical (unpaired) electrons. The molecule has 0 aliphatic rings. The van der Waals surface area contributed by atoms with Gasteiger partial charge in [0.1, 0.15) is 11.9 Å². The second kappa shape index (κ2) is 22.8. The van der Waals surface area contributed by atoms with Crippen LogP contribution in [-0.4, -0.2) is 17.9 Å². The molecule has 0 N–H and O–H groups in total. The fourth-order valence-electron chi connectivity index (χ4n) is 9.19. The van der Waals surface area contributed by atoms with Crippen LogP contribution < -0.4 is 31.2 Å². The van der Waals surface area contributed by atoms with E-state index in [1.807, 2.05) is 54.6 Å². The van der Waals surface area contributed by atoms with E-state index in [9.17, 15) is 115 Å². The second-order valence-electron chi connectivity index (χ2n) is 18.6. The normalized spacial score (nSPS) is 13.1. The number of ether oxygens (including phenoxy) is 1. The molecular formula is C56H30BF24NO3. The molecule has 0 bridgehead atoms. The van der Waals surface area contributed by atoms with Crippen molar-refractivity contribution in [2.45, 2.75) is 56.0 Å². The van der Waals surface area contributed by atoms with Crippen molar-refractivity contribution in [2.24, 2.45) is 0 Å². The largest absolute Gasteiger partial charge is 0.419 e. The van der Waals surface area contributed by atoms with E-state index in [4.69, 9.17) is 4.74 Å². The van der Waals surface area contributed by atoms with Crippen molar-refractivity contribution >= 4 is 50.7 Å². The summed E-state index contributed by atoms with van der Waals surface area (Å²) in [5.41, 5.74) is -28.5. The number of esters is 1. The Balaban J connectivity index is 0.000000306. The lowest BCUT2D eigenvalue weighted by Gasteiger charge is -2.46. The number of pyridine rings is 1. The van der Waals surface area contributed by atoms with Crippen molar-refractivity contribution in [1.29, 1.82) is 0 Å². The molecule has 8 aromatic rings. The van der Waals surface area contributed by atoms with Gasteiger partial charge < -0.3 is 4.74 Å². The van der Waals surface area contributed by atoms with Gasteiger partial charge in [0.2, 0.25) is 17.8 Å². The smallest absolute Gasteiger partial charge is 0.416 e. The molecule has 1 aromatic heterocycles. The van der Waals surface area contributed by atoms with E-state index in [0.29, 0.717) is 17.0 Å². The number of Topliss-reactive ketones (excluding diaryl/α,β-unsaturated/α-hetero) is 1. The molecule has 0 saturated carbocycles.